The van der Waals surface area contributed by atoms with Gasteiger partial charge >= 0.3 is 0 Å². The van der Waals surface area contributed by atoms with Crippen molar-refractivity contribution in [2.45, 2.75) is 58.2 Å². The summed E-state index contributed by atoms with van der Waals surface area (Å²) in [5, 5.41) is 3.79. The van der Waals surface area contributed by atoms with Crippen LogP contribution < -0.4 is 5.32 Å². The van der Waals surface area contributed by atoms with Gasteiger partial charge < -0.3 is 5.32 Å². The minimum atomic E-state index is 0.690. The predicted octanol–water partition coefficient (Wildman–Crippen LogP) is 2.74. The summed E-state index contributed by atoms with van der Waals surface area (Å²) in [6.45, 7) is 7.85. The quantitative estimate of drug-likeness (QED) is 0.894. The maximum absolute atomic E-state index is 4.34. The van der Waals surface area contributed by atoms with Gasteiger partial charge in [-0.15, -0.1) is 0 Å². The highest BCUT2D eigenvalue weighted by Crippen LogP contribution is 2.34. The van der Waals surface area contributed by atoms with Crippen LogP contribution >= 0.6 is 0 Å². The Balaban J connectivity index is 1.68. The molecule has 1 aliphatic heterocycles. The van der Waals surface area contributed by atoms with Gasteiger partial charge in [-0.1, -0.05) is 19.4 Å². The molecule has 1 aromatic heterocycles. The van der Waals surface area contributed by atoms with Gasteiger partial charge in [0.05, 0.1) is 0 Å². The highest BCUT2D eigenvalue weighted by atomic mass is 15.2. The summed E-state index contributed by atoms with van der Waals surface area (Å²) in [4.78, 5) is 7.04. The van der Waals surface area contributed by atoms with Crippen LogP contribution in [0.1, 0.15) is 43.7 Å². The number of aromatic nitrogens is 1. The average molecular weight is 273 g/mol. The molecule has 0 spiro atoms. The first kappa shape index (κ1) is 14.0. The van der Waals surface area contributed by atoms with Gasteiger partial charge in [0, 0.05) is 44.1 Å². The molecule has 0 amide bonds. The molecule has 3 nitrogen and oxygen atoms in total. The fourth-order valence-corrected chi connectivity index (χ4v) is 3.45. The molecule has 2 atom stereocenters. The summed E-state index contributed by atoms with van der Waals surface area (Å²) in [6, 6.07) is 3.70. The van der Waals surface area contributed by atoms with E-state index in [1.807, 2.05) is 12.4 Å². The van der Waals surface area contributed by atoms with Gasteiger partial charge in [-0.2, -0.15) is 0 Å². The summed E-state index contributed by atoms with van der Waals surface area (Å²) < 4.78 is 0. The van der Waals surface area contributed by atoms with E-state index in [0.717, 1.165) is 25.0 Å². The van der Waals surface area contributed by atoms with Crippen molar-refractivity contribution >= 4 is 0 Å². The molecule has 1 aromatic rings. The molecular formula is C17H27N3. The second kappa shape index (κ2) is 6.23. The molecule has 20 heavy (non-hydrogen) atoms. The van der Waals surface area contributed by atoms with Crippen LogP contribution in [0.5, 0.6) is 0 Å². The Morgan fingerprint density at radius 3 is 2.90 bits per heavy atom. The molecule has 3 rings (SSSR count). The van der Waals surface area contributed by atoms with Crippen molar-refractivity contribution in [2.75, 3.05) is 13.1 Å². The molecule has 3 heteroatoms. The fourth-order valence-electron chi connectivity index (χ4n) is 3.45. The summed E-state index contributed by atoms with van der Waals surface area (Å²) in [5.41, 5.74) is 2.63. The SMILES string of the molecule is CCCC1CNC(C2CC2)CN1Cc1cncc(C)c1. The number of nitrogens with zero attached hydrogens (tertiary/aromatic N) is 2. The Hall–Kier alpha value is -0.930. The molecule has 2 heterocycles. The van der Waals surface area contributed by atoms with Gasteiger partial charge in [-0.25, -0.2) is 0 Å². The summed E-state index contributed by atoms with van der Waals surface area (Å²) >= 11 is 0. The van der Waals surface area contributed by atoms with E-state index in [2.05, 4.69) is 35.1 Å². The van der Waals surface area contributed by atoms with Crippen molar-refractivity contribution in [3.8, 4) is 0 Å². The molecule has 1 N–H and O–H groups in total. The van der Waals surface area contributed by atoms with Crippen LogP contribution in [0.15, 0.2) is 18.5 Å². The fraction of sp³-hybridized carbons (Fsp3) is 0.706. The summed E-state index contributed by atoms with van der Waals surface area (Å²) in [5.74, 6) is 0.940. The molecular weight excluding hydrogens is 246 g/mol. The van der Waals surface area contributed by atoms with Gasteiger partial charge in [0.15, 0.2) is 0 Å². The number of rotatable bonds is 5. The Morgan fingerprint density at radius 1 is 1.35 bits per heavy atom. The van der Waals surface area contributed by atoms with Crippen LogP contribution in [0.4, 0.5) is 0 Å². The predicted molar refractivity (Wildman–Crippen MR) is 82.6 cm³/mol. The lowest BCUT2D eigenvalue weighted by atomic mass is 10.0. The summed E-state index contributed by atoms with van der Waals surface area (Å²) in [6.07, 6.45) is 9.39. The second-order valence-electron chi connectivity index (χ2n) is 6.59. The third-order valence-corrected chi connectivity index (χ3v) is 4.69. The normalized spacial score (nSPS) is 27.7. The zero-order chi connectivity index (χ0) is 13.9. The topological polar surface area (TPSA) is 28.2 Å². The molecule has 2 unspecified atom stereocenters. The zero-order valence-electron chi connectivity index (χ0n) is 12.8. The molecule has 0 aromatic carbocycles. The number of hydrogen-bond donors (Lipinski definition) is 1. The number of hydrogen-bond acceptors (Lipinski definition) is 3. The van der Waals surface area contributed by atoms with E-state index >= 15 is 0 Å². The molecule has 0 radical (unpaired) electrons. The standard InChI is InChI=1S/C17H27N3/c1-3-4-16-10-19-17(15-5-6-15)12-20(16)11-14-7-13(2)8-18-9-14/h7-9,15-17,19H,3-6,10-12H2,1-2H3. The maximum Gasteiger partial charge on any atom is 0.0313 e. The van der Waals surface area contributed by atoms with Gasteiger partial charge in [0.2, 0.25) is 0 Å². The monoisotopic (exact) mass is 273 g/mol. The lowest BCUT2D eigenvalue weighted by Gasteiger charge is -2.40. The Morgan fingerprint density at radius 2 is 2.20 bits per heavy atom. The first-order chi connectivity index (χ1) is 9.76. The lowest BCUT2D eigenvalue weighted by Crippen LogP contribution is -2.56. The highest BCUT2D eigenvalue weighted by Gasteiger charge is 2.36. The van der Waals surface area contributed by atoms with Crippen LogP contribution in [-0.4, -0.2) is 35.1 Å². The Bertz CT molecular complexity index is 442. The van der Waals surface area contributed by atoms with E-state index < -0.39 is 0 Å². The van der Waals surface area contributed by atoms with E-state index in [1.54, 1.807) is 0 Å². The van der Waals surface area contributed by atoms with Crippen LogP contribution in [0.25, 0.3) is 0 Å². The molecule has 1 saturated heterocycles. The van der Waals surface area contributed by atoms with E-state index in [4.69, 9.17) is 0 Å². The second-order valence-corrected chi connectivity index (χ2v) is 6.59. The molecule has 110 valence electrons. The Labute approximate surface area is 122 Å². The third-order valence-electron chi connectivity index (χ3n) is 4.69. The summed E-state index contributed by atoms with van der Waals surface area (Å²) in [7, 11) is 0. The number of pyridine rings is 1. The van der Waals surface area contributed by atoms with Crippen molar-refractivity contribution in [2.24, 2.45) is 5.92 Å². The number of nitrogens with one attached hydrogen (secondary N) is 1. The smallest absolute Gasteiger partial charge is 0.0313 e. The van der Waals surface area contributed by atoms with Gasteiger partial charge in [0.25, 0.3) is 0 Å². The van der Waals surface area contributed by atoms with Crippen LogP contribution in [0.2, 0.25) is 0 Å². The van der Waals surface area contributed by atoms with Crippen molar-refractivity contribution in [3.63, 3.8) is 0 Å². The van der Waals surface area contributed by atoms with E-state index in [1.165, 1.54) is 43.4 Å². The van der Waals surface area contributed by atoms with E-state index in [0.29, 0.717) is 6.04 Å². The van der Waals surface area contributed by atoms with Crippen molar-refractivity contribution in [3.05, 3.63) is 29.6 Å². The van der Waals surface area contributed by atoms with Crippen molar-refractivity contribution in [1.29, 1.82) is 0 Å². The Kier molecular flexibility index (Phi) is 4.37. The van der Waals surface area contributed by atoms with Crippen LogP contribution in [0.3, 0.4) is 0 Å². The van der Waals surface area contributed by atoms with Crippen LogP contribution in [0, 0.1) is 12.8 Å². The average Bonchev–Trinajstić information content (AvgIpc) is 3.25. The molecule has 0 bridgehead atoms. The number of aryl methyl sites for hydroxylation is 1. The molecule has 2 fully saturated rings. The van der Waals surface area contributed by atoms with E-state index in [-0.39, 0.29) is 0 Å². The first-order valence-electron chi connectivity index (χ1n) is 8.14. The largest absolute Gasteiger partial charge is 0.311 e. The highest BCUT2D eigenvalue weighted by molar-refractivity contribution is 5.17. The van der Waals surface area contributed by atoms with Crippen molar-refractivity contribution in [1.82, 2.24) is 15.2 Å². The van der Waals surface area contributed by atoms with E-state index in [9.17, 15) is 0 Å². The first-order valence-corrected chi connectivity index (χ1v) is 8.14. The maximum atomic E-state index is 4.34. The van der Waals surface area contributed by atoms with Crippen LogP contribution in [-0.2, 0) is 6.54 Å². The molecule has 2 aliphatic rings. The zero-order valence-corrected chi connectivity index (χ0v) is 12.8. The van der Waals surface area contributed by atoms with Gasteiger partial charge in [-0.05, 0) is 43.2 Å². The molecule has 1 aliphatic carbocycles. The third kappa shape index (κ3) is 3.39. The lowest BCUT2D eigenvalue weighted by molar-refractivity contribution is 0.108. The minimum absolute atomic E-state index is 0.690. The van der Waals surface area contributed by atoms with Gasteiger partial charge in [-0.3, -0.25) is 9.88 Å². The van der Waals surface area contributed by atoms with Gasteiger partial charge in [0.1, 0.15) is 0 Å². The number of piperazine rings is 1. The minimum Gasteiger partial charge on any atom is -0.311 e. The molecule has 1 saturated carbocycles. The van der Waals surface area contributed by atoms with Crippen molar-refractivity contribution < 1.29 is 0 Å².